The highest BCUT2D eigenvalue weighted by Crippen LogP contribution is 2.14. The van der Waals surface area contributed by atoms with Gasteiger partial charge in [0.05, 0.1) is 0 Å². The van der Waals surface area contributed by atoms with Crippen molar-refractivity contribution in [1.82, 2.24) is 0 Å². The van der Waals surface area contributed by atoms with Gasteiger partial charge in [0, 0.05) is 30.4 Å². The molecule has 2 aromatic rings. The molecule has 5 nitrogen and oxygen atoms in total. The Balaban J connectivity index is 0.000000273. The van der Waals surface area contributed by atoms with E-state index >= 15 is 0 Å². The van der Waals surface area contributed by atoms with Crippen molar-refractivity contribution in [1.29, 1.82) is 0 Å². The SMILES string of the molecule is CCC(=O)Oc1ccc(C(=O)CC)cc1.CCC(=O)c1ccc(O)cc1. The summed E-state index contributed by atoms with van der Waals surface area (Å²) in [6.07, 6.45) is 1.33. The fourth-order valence-electron chi connectivity index (χ4n) is 1.97. The zero-order chi connectivity index (χ0) is 19.5. The Kier molecular flexibility index (Phi) is 8.78. The lowest BCUT2D eigenvalue weighted by atomic mass is 10.1. The van der Waals surface area contributed by atoms with E-state index in [4.69, 9.17) is 9.84 Å². The monoisotopic (exact) mass is 356 g/mol. The predicted molar refractivity (Wildman–Crippen MR) is 99.7 cm³/mol. The summed E-state index contributed by atoms with van der Waals surface area (Å²) in [4.78, 5) is 33.3. The molecule has 0 aliphatic heterocycles. The number of ether oxygens (including phenoxy) is 1. The lowest BCUT2D eigenvalue weighted by Gasteiger charge is -2.03. The quantitative estimate of drug-likeness (QED) is 0.465. The van der Waals surface area contributed by atoms with Gasteiger partial charge in [-0.1, -0.05) is 20.8 Å². The Labute approximate surface area is 153 Å². The van der Waals surface area contributed by atoms with Crippen molar-refractivity contribution in [3.05, 3.63) is 59.7 Å². The van der Waals surface area contributed by atoms with E-state index < -0.39 is 0 Å². The molecule has 0 atom stereocenters. The van der Waals surface area contributed by atoms with Crippen LogP contribution in [0.3, 0.4) is 0 Å². The zero-order valence-electron chi connectivity index (χ0n) is 15.3. The van der Waals surface area contributed by atoms with Gasteiger partial charge in [0.2, 0.25) is 0 Å². The largest absolute Gasteiger partial charge is 0.508 e. The van der Waals surface area contributed by atoms with Crippen LogP contribution in [0.25, 0.3) is 0 Å². The highest BCUT2D eigenvalue weighted by Gasteiger charge is 2.05. The summed E-state index contributed by atoms with van der Waals surface area (Å²) in [5.41, 5.74) is 1.30. The third-order valence-electron chi connectivity index (χ3n) is 3.53. The summed E-state index contributed by atoms with van der Waals surface area (Å²) in [7, 11) is 0. The summed E-state index contributed by atoms with van der Waals surface area (Å²) in [6, 6.07) is 12.9. The zero-order valence-corrected chi connectivity index (χ0v) is 15.3. The first kappa shape index (κ1) is 21.1. The van der Waals surface area contributed by atoms with E-state index in [2.05, 4.69) is 0 Å². The number of Topliss-reactive ketones (excluding diaryl/α,β-unsaturated/α-hetero) is 2. The maximum Gasteiger partial charge on any atom is 0.310 e. The number of phenolic OH excluding ortho intramolecular Hbond substituents is 1. The van der Waals surface area contributed by atoms with E-state index in [-0.39, 0.29) is 23.3 Å². The minimum absolute atomic E-state index is 0.0865. The van der Waals surface area contributed by atoms with Crippen LogP contribution in [0, 0.1) is 0 Å². The molecule has 0 saturated heterocycles. The molecule has 0 bridgehead atoms. The van der Waals surface area contributed by atoms with Crippen LogP contribution in [-0.2, 0) is 4.79 Å². The maximum atomic E-state index is 11.3. The average Bonchev–Trinajstić information content (AvgIpc) is 2.68. The summed E-state index contributed by atoms with van der Waals surface area (Å²) in [6.45, 7) is 5.36. The van der Waals surface area contributed by atoms with Gasteiger partial charge in [0.25, 0.3) is 0 Å². The van der Waals surface area contributed by atoms with Gasteiger partial charge in [-0.05, 0) is 48.5 Å². The van der Waals surface area contributed by atoms with Crippen LogP contribution in [0.1, 0.15) is 60.7 Å². The van der Waals surface area contributed by atoms with Gasteiger partial charge in [-0.2, -0.15) is 0 Å². The van der Waals surface area contributed by atoms with Crippen molar-refractivity contribution in [3.8, 4) is 11.5 Å². The number of aromatic hydroxyl groups is 1. The maximum absolute atomic E-state index is 11.3. The number of rotatable bonds is 6. The molecule has 2 aromatic carbocycles. The first-order chi connectivity index (χ1) is 12.4. The number of benzene rings is 2. The van der Waals surface area contributed by atoms with E-state index in [9.17, 15) is 14.4 Å². The van der Waals surface area contributed by atoms with Crippen LogP contribution >= 0.6 is 0 Å². The molecular weight excluding hydrogens is 332 g/mol. The molecule has 0 aliphatic rings. The number of hydrogen-bond donors (Lipinski definition) is 1. The Morgan fingerprint density at radius 1 is 0.731 bits per heavy atom. The van der Waals surface area contributed by atoms with Crippen molar-refractivity contribution in [2.24, 2.45) is 0 Å². The van der Waals surface area contributed by atoms with Gasteiger partial charge in [-0.15, -0.1) is 0 Å². The van der Waals surface area contributed by atoms with Crippen molar-refractivity contribution in [2.75, 3.05) is 0 Å². The molecule has 0 unspecified atom stereocenters. The Hall–Kier alpha value is -2.95. The first-order valence-corrected chi connectivity index (χ1v) is 8.57. The number of carbonyl (C=O) groups is 3. The van der Waals surface area contributed by atoms with Crippen LogP contribution in [0.5, 0.6) is 11.5 Å². The fraction of sp³-hybridized carbons (Fsp3) is 0.286. The van der Waals surface area contributed by atoms with Crippen molar-refractivity contribution >= 4 is 17.5 Å². The smallest absolute Gasteiger partial charge is 0.310 e. The normalized spacial score (nSPS) is 9.65. The van der Waals surface area contributed by atoms with Crippen LogP contribution in [0.15, 0.2) is 48.5 Å². The molecule has 0 amide bonds. The van der Waals surface area contributed by atoms with E-state index in [1.54, 1.807) is 43.3 Å². The lowest BCUT2D eigenvalue weighted by molar-refractivity contribution is -0.134. The third kappa shape index (κ3) is 6.89. The molecular formula is C21H24O5. The summed E-state index contributed by atoms with van der Waals surface area (Å²) >= 11 is 0. The fourth-order valence-corrected chi connectivity index (χ4v) is 1.97. The first-order valence-electron chi connectivity index (χ1n) is 8.57. The minimum atomic E-state index is -0.274. The van der Waals surface area contributed by atoms with Gasteiger partial charge < -0.3 is 9.84 Å². The summed E-state index contributed by atoms with van der Waals surface area (Å²) < 4.78 is 4.98. The van der Waals surface area contributed by atoms with Crippen molar-refractivity contribution in [2.45, 2.75) is 40.0 Å². The number of carbonyl (C=O) groups excluding carboxylic acids is 3. The minimum Gasteiger partial charge on any atom is -0.508 e. The van der Waals surface area contributed by atoms with Gasteiger partial charge in [0.15, 0.2) is 11.6 Å². The molecule has 2 rings (SSSR count). The van der Waals surface area contributed by atoms with Gasteiger partial charge in [-0.3, -0.25) is 14.4 Å². The predicted octanol–water partition coefficient (Wildman–Crippen LogP) is 4.58. The average molecular weight is 356 g/mol. The topological polar surface area (TPSA) is 80.7 Å². The molecule has 26 heavy (non-hydrogen) atoms. The molecule has 5 heteroatoms. The molecule has 0 fully saturated rings. The second-order valence-electron chi connectivity index (χ2n) is 5.45. The molecule has 0 heterocycles. The number of phenols is 1. The van der Waals surface area contributed by atoms with Gasteiger partial charge in [-0.25, -0.2) is 0 Å². The molecule has 0 saturated carbocycles. The lowest BCUT2D eigenvalue weighted by Crippen LogP contribution is -2.05. The third-order valence-corrected chi connectivity index (χ3v) is 3.53. The second kappa shape index (κ2) is 10.8. The standard InChI is InChI=1S/C12H14O3.C9H10O2/c1-3-11(13)9-5-7-10(8-6-9)15-12(14)4-2;1-2-9(11)7-3-5-8(10)6-4-7/h5-8H,3-4H2,1-2H3;3-6,10H,2H2,1H3. The van der Waals surface area contributed by atoms with Crippen LogP contribution in [-0.4, -0.2) is 22.6 Å². The molecule has 0 aliphatic carbocycles. The molecule has 0 radical (unpaired) electrons. The highest BCUT2D eigenvalue weighted by molar-refractivity contribution is 5.96. The van der Waals surface area contributed by atoms with Crippen LogP contribution < -0.4 is 4.74 Å². The van der Waals surface area contributed by atoms with E-state index in [0.717, 1.165) is 0 Å². The summed E-state index contributed by atoms with van der Waals surface area (Å²) in [5.74, 6) is 0.588. The molecule has 0 aromatic heterocycles. The van der Waals surface area contributed by atoms with E-state index in [1.807, 2.05) is 13.8 Å². The van der Waals surface area contributed by atoms with Gasteiger partial charge >= 0.3 is 5.97 Å². The van der Waals surface area contributed by atoms with Crippen LogP contribution in [0.4, 0.5) is 0 Å². The van der Waals surface area contributed by atoms with Crippen LogP contribution in [0.2, 0.25) is 0 Å². The molecule has 1 N–H and O–H groups in total. The second-order valence-corrected chi connectivity index (χ2v) is 5.45. The Morgan fingerprint density at radius 2 is 1.15 bits per heavy atom. The van der Waals surface area contributed by atoms with Crippen molar-refractivity contribution < 1.29 is 24.2 Å². The summed E-state index contributed by atoms with van der Waals surface area (Å²) in [5, 5.41) is 8.90. The Bertz CT molecular complexity index is 730. The molecule has 0 spiro atoms. The van der Waals surface area contributed by atoms with Gasteiger partial charge in [0.1, 0.15) is 11.5 Å². The van der Waals surface area contributed by atoms with E-state index in [0.29, 0.717) is 36.1 Å². The number of ketones is 2. The number of hydrogen-bond acceptors (Lipinski definition) is 5. The van der Waals surface area contributed by atoms with E-state index in [1.165, 1.54) is 12.1 Å². The van der Waals surface area contributed by atoms with Crippen molar-refractivity contribution in [3.63, 3.8) is 0 Å². The number of esters is 1. The Morgan fingerprint density at radius 3 is 1.54 bits per heavy atom. The highest BCUT2D eigenvalue weighted by atomic mass is 16.5. The molecule has 138 valence electrons.